The Morgan fingerprint density at radius 2 is 2.14 bits per heavy atom. The van der Waals surface area contributed by atoms with Crippen LogP contribution in [0.2, 0.25) is 0 Å². The van der Waals surface area contributed by atoms with Crippen LogP contribution in [0.5, 0.6) is 5.75 Å². The van der Waals surface area contributed by atoms with Gasteiger partial charge in [0, 0.05) is 19.3 Å². The summed E-state index contributed by atoms with van der Waals surface area (Å²) in [7, 11) is 3.89. The highest BCUT2D eigenvalue weighted by atomic mass is 16.5. The predicted molar refractivity (Wildman–Crippen MR) is 59.2 cm³/mol. The highest BCUT2D eigenvalue weighted by Gasteiger charge is 2.12. The van der Waals surface area contributed by atoms with Gasteiger partial charge in [0.05, 0.1) is 7.11 Å². The number of hydrogen-bond acceptors (Lipinski definition) is 2. The van der Waals surface area contributed by atoms with E-state index >= 15 is 0 Å². The van der Waals surface area contributed by atoms with Crippen molar-refractivity contribution >= 4 is 5.69 Å². The Bertz CT molecular complexity index is 322. The summed E-state index contributed by atoms with van der Waals surface area (Å²) in [5.74, 6) is 0.971. The summed E-state index contributed by atoms with van der Waals surface area (Å²) in [6.45, 7) is 1.17. The maximum absolute atomic E-state index is 5.24. The van der Waals surface area contributed by atoms with Crippen LogP contribution in [0.3, 0.4) is 0 Å². The molecule has 0 aliphatic carbocycles. The molecule has 1 heterocycles. The quantitative estimate of drug-likeness (QED) is 0.676. The van der Waals surface area contributed by atoms with Crippen molar-refractivity contribution in [2.24, 2.45) is 0 Å². The lowest BCUT2D eigenvalue weighted by molar-refractivity contribution is 0.414. The molecule has 76 valence electrons. The van der Waals surface area contributed by atoms with Crippen molar-refractivity contribution in [2.45, 2.75) is 19.3 Å². The SMILES string of the molecule is COc1ccc2c(c1)CCCCN2C. The second-order valence-electron chi connectivity index (χ2n) is 3.87. The fraction of sp³-hybridized carbons (Fsp3) is 0.500. The zero-order valence-electron chi connectivity index (χ0n) is 8.92. The number of hydrogen-bond donors (Lipinski definition) is 0. The first-order chi connectivity index (χ1) is 6.81. The Morgan fingerprint density at radius 3 is 2.93 bits per heavy atom. The van der Waals surface area contributed by atoms with Crippen molar-refractivity contribution in [2.75, 3.05) is 25.6 Å². The second kappa shape index (κ2) is 3.91. The standard InChI is InChI=1S/C12H17NO/c1-13-8-4-3-5-10-9-11(14-2)6-7-12(10)13/h6-7,9H,3-5,8H2,1-2H3. The van der Waals surface area contributed by atoms with Gasteiger partial charge in [0.1, 0.15) is 5.75 Å². The highest BCUT2D eigenvalue weighted by Crippen LogP contribution is 2.28. The fourth-order valence-corrected chi connectivity index (χ4v) is 2.05. The van der Waals surface area contributed by atoms with E-state index in [1.54, 1.807) is 7.11 Å². The van der Waals surface area contributed by atoms with Crippen molar-refractivity contribution in [3.8, 4) is 5.75 Å². The molecule has 2 heteroatoms. The van der Waals surface area contributed by atoms with Gasteiger partial charge in [0.25, 0.3) is 0 Å². The number of nitrogens with zero attached hydrogens (tertiary/aromatic N) is 1. The van der Waals surface area contributed by atoms with E-state index in [9.17, 15) is 0 Å². The smallest absolute Gasteiger partial charge is 0.119 e. The zero-order valence-corrected chi connectivity index (χ0v) is 8.92. The molecule has 0 unspecified atom stereocenters. The molecular formula is C12H17NO. The first kappa shape index (κ1) is 9.38. The Morgan fingerprint density at radius 1 is 1.29 bits per heavy atom. The number of methoxy groups -OCH3 is 1. The Hall–Kier alpha value is -1.18. The van der Waals surface area contributed by atoms with Gasteiger partial charge in [-0.1, -0.05) is 0 Å². The summed E-state index contributed by atoms with van der Waals surface area (Å²) in [6, 6.07) is 6.37. The van der Waals surface area contributed by atoms with E-state index in [2.05, 4.69) is 24.1 Å². The van der Waals surface area contributed by atoms with Gasteiger partial charge >= 0.3 is 0 Å². The molecule has 1 aromatic carbocycles. The third-order valence-corrected chi connectivity index (χ3v) is 2.89. The first-order valence-electron chi connectivity index (χ1n) is 5.19. The Balaban J connectivity index is 2.38. The molecule has 0 N–H and O–H groups in total. The predicted octanol–water partition coefficient (Wildman–Crippen LogP) is 2.47. The maximum atomic E-state index is 5.24. The molecule has 0 saturated heterocycles. The lowest BCUT2D eigenvalue weighted by Gasteiger charge is -2.19. The maximum Gasteiger partial charge on any atom is 0.119 e. The van der Waals surface area contributed by atoms with Gasteiger partial charge < -0.3 is 9.64 Å². The van der Waals surface area contributed by atoms with Gasteiger partial charge in [-0.3, -0.25) is 0 Å². The largest absolute Gasteiger partial charge is 0.497 e. The molecule has 1 aliphatic rings. The minimum absolute atomic E-state index is 0.971. The van der Waals surface area contributed by atoms with Gasteiger partial charge in [-0.15, -0.1) is 0 Å². The van der Waals surface area contributed by atoms with Gasteiger partial charge in [0.15, 0.2) is 0 Å². The Kier molecular flexibility index (Phi) is 2.62. The van der Waals surface area contributed by atoms with Gasteiger partial charge in [-0.2, -0.15) is 0 Å². The molecule has 0 radical (unpaired) electrons. The average molecular weight is 191 g/mol. The number of rotatable bonds is 1. The van der Waals surface area contributed by atoms with E-state index in [0.717, 1.165) is 5.75 Å². The molecule has 14 heavy (non-hydrogen) atoms. The van der Waals surface area contributed by atoms with Gasteiger partial charge in [-0.25, -0.2) is 0 Å². The summed E-state index contributed by atoms with van der Waals surface area (Å²) in [6.07, 6.45) is 3.74. The summed E-state index contributed by atoms with van der Waals surface area (Å²) in [5.41, 5.74) is 2.78. The van der Waals surface area contributed by atoms with Crippen LogP contribution in [-0.2, 0) is 6.42 Å². The van der Waals surface area contributed by atoms with Crippen molar-refractivity contribution in [3.05, 3.63) is 23.8 Å². The molecule has 2 rings (SSSR count). The summed E-state index contributed by atoms with van der Waals surface area (Å²) >= 11 is 0. The van der Waals surface area contributed by atoms with Crippen molar-refractivity contribution in [3.63, 3.8) is 0 Å². The molecule has 0 fully saturated rings. The third kappa shape index (κ3) is 1.69. The minimum Gasteiger partial charge on any atom is -0.497 e. The monoisotopic (exact) mass is 191 g/mol. The number of ether oxygens (including phenoxy) is 1. The van der Waals surface area contributed by atoms with Crippen molar-refractivity contribution < 1.29 is 4.74 Å². The normalized spacial score (nSPS) is 16.0. The molecule has 1 aliphatic heterocycles. The third-order valence-electron chi connectivity index (χ3n) is 2.89. The molecule has 0 bridgehead atoms. The van der Waals surface area contributed by atoms with Crippen LogP contribution in [0.1, 0.15) is 18.4 Å². The van der Waals surface area contributed by atoms with E-state index in [0.29, 0.717) is 0 Å². The second-order valence-corrected chi connectivity index (χ2v) is 3.87. The van der Waals surface area contributed by atoms with E-state index in [4.69, 9.17) is 4.74 Å². The molecule has 2 nitrogen and oxygen atoms in total. The minimum atomic E-state index is 0.971. The lowest BCUT2D eigenvalue weighted by atomic mass is 10.1. The summed E-state index contributed by atoms with van der Waals surface area (Å²) in [5, 5.41) is 0. The van der Waals surface area contributed by atoms with Crippen LogP contribution in [0.4, 0.5) is 5.69 Å². The number of benzene rings is 1. The first-order valence-corrected chi connectivity index (χ1v) is 5.19. The molecule has 0 amide bonds. The summed E-state index contributed by atoms with van der Waals surface area (Å²) < 4.78 is 5.24. The Labute approximate surface area is 85.5 Å². The van der Waals surface area contributed by atoms with Crippen LogP contribution in [-0.4, -0.2) is 20.7 Å². The van der Waals surface area contributed by atoms with E-state index in [-0.39, 0.29) is 0 Å². The zero-order chi connectivity index (χ0) is 9.97. The topological polar surface area (TPSA) is 12.5 Å². The van der Waals surface area contributed by atoms with Crippen LogP contribution < -0.4 is 9.64 Å². The molecule has 0 spiro atoms. The van der Waals surface area contributed by atoms with Crippen LogP contribution >= 0.6 is 0 Å². The van der Waals surface area contributed by atoms with Crippen molar-refractivity contribution in [1.82, 2.24) is 0 Å². The van der Waals surface area contributed by atoms with Crippen LogP contribution in [0, 0.1) is 0 Å². The molecule has 0 saturated carbocycles. The molecule has 0 atom stereocenters. The number of anilines is 1. The van der Waals surface area contributed by atoms with E-state index in [1.807, 2.05) is 6.07 Å². The van der Waals surface area contributed by atoms with Gasteiger partial charge in [-0.05, 0) is 43.0 Å². The average Bonchev–Trinajstić information content (AvgIpc) is 2.40. The highest BCUT2D eigenvalue weighted by molar-refractivity contribution is 5.56. The number of aryl methyl sites for hydroxylation is 1. The lowest BCUT2D eigenvalue weighted by Crippen LogP contribution is -2.17. The van der Waals surface area contributed by atoms with Crippen molar-refractivity contribution in [1.29, 1.82) is 0 Å². The van der Waals surface area contributed by atoms with E-state index < -0.39 is 0 Å². The molecule has 1 aromatic rings. The van der Waals surface area contributed by atoms with Crippen LogP contribution in [0.15, 0.2) is 18.2 Å². The molecular weight excluding hydrogens is 174 g/mol. The number of fused-ring (bicyclic) bond motifs is 1. The summed E-state index contributed by atoms with van der Waals surface area (Å²) in [4.78, 5) is 2.34. The fourth-order valence-electron chi connectivity index (χ4n) is 2.05. The molecule has 0 aromatic heterocycles. The van der Waals surface area contributed by atoms with Gasteiger partial charge in [0.2, 0.25) is 0 Å². The van der Waals surface area contributed by atoms with Crippen LogP contribution in [0.25, 0.3) is 0 Å². The van der Waals surface area contributed by atoms with E-state index in [1.165, 1.54) is 37.1 Å².